The molecule has 0 spiro atoms. The second-order valence-electron chi connectivity index (χ2n) is 8.32. The van der Waals surface area contributed by atoms with Crippen LogP contribution in [0, 0.1) is 5.92 Å². The first-order chi connectivity index (χ1) is 14.4. The average molecular weight is 417 g/mol. The molecule has 3 atom stereocenters. The van der Waals surface area contributed by atoms with Crippen LogP contribution in [-0.2, 0) is 14.3 Å². The number of nitrogens with one attached hydrogen (secondary N) is 1. The van der Waals surface area contributed by atoms with E-state index < -0.39 is 12.1 Å². The molecule has 2 aliphatic carbocycles. The quantitative estimate of drug-likeness (QED) is 0.396. The number of rotatable bonds is 7. The molecule has 0 aliphatic heterocycles. The number of carboxylic acid groups (broad SMARTS) is 1. The first-order valence-electron chi connectivity index (χ1n) is 10.7. The van der Waals surface area contributed by atoms with Crippen LogP contribution in [0.25, 0.3) is 0 Å². The third-order valence-electron chi connectivity index (χ3n) is 6.02. The zero-order valence-corrected chi connectivity index (χ0v) is 17.2. The average Bonchev–Trinajstić information content (AvgIpc) is 2.73. The van der Waals surface area contributed by atoms with E-state index in [1.807, 2.05) is 18.2 Å². The van der Waals surface area contributed by atoms with Crippen LogP contribution in [0.5, 0.6) is 0 Å². The number of benzene rings is 1. The maximum Gasteiger partial charge on any atom is 0.337 e. The Morgan fingerprint density at radius 1 is 1.07 bits per heavy atom. The number of aliphatic carboxylic acids is 1. The molecule has 8 heteroatoms. The predicted octanol–water partition coefficient (Wildman–Crippen LogP) is 2.09. The van der Waals surface area contributed by atoms with E-state index in [4.69, 9.17) is 16.2 Å². The van der Waals surface area contributed by atoms with Gasteiger partial charge in [-0.05, 0) is 50.5 Å². The molecule has 0 saturated heterocycles. The van der Waals surface area contributed by atoms with E-state index in [1.54, 1.807) is 12.1 Å². The van der Waals surface area contributed by atoms with E-state index in [9.17, 15) is 14.7 Å². The van der Waals surface area contributed by atoms with Gasteiger partial charge in [-0.3, -0.25) is 9.79 Å². The Hall–Kier alpha value is -2.61. The van der Waals surface area contributed by atoms with Gasteiger partial charge in [-0.2, -0.15) is 0 Å². The number of carbonyl (C=O) groups is 2. The van der Waals surface area contributed by atoms with Gasteiger partial charge in [-0.15, -0.1) is 0 Å². The van der Waals surface area contributed by atoms with Crippen LogP contribution in [0.15, 0.2) is 35.3 Å². The van der Waals surface area contributed by atoms with Crippen molar-refractivity contribution in [3.05, 3.63) is 35.9 Å². The summed E-state index contributed by atoms with van der Waals surface area (Å²) in [6, 6.07) is 9.13. The summed E-state index contributed by atoms with van der Waals surface area (Å²) in [6.45, 7) is 0. The number of amides is 1. The maximum atomic E-state index is 12.7. The van der Waals surface area contributed by atoms with Crippen LogP contribution in [0.3, 0.4) is 0 Å². The Balaban J connectivity index is 1.46. The summed E-state index contributed by atoms with van der Waals surface area (Å²) in [5, 5.41) is 12.7. The first kappa shape index (κ1) is 22.1. The summed E-state index contributed by atoms with van der Waals surface area (Å²) in [6.07, 6.45) is 5.32. The second kappa shape index (κ2) is 10.4. The molecule has 0 radical (unpaired) electrons. The Morgan fingerprint density at radius 3 is 2.40 bits per heavy atom. The Kier molecular flexibility index (Phi) is 7.68. The second-order valence-corrected chi connectivity index (χ2v) is 8.32. The molecule has 6 N–H and O–H groups in total. The molecule has 1 amide bonds. The molecular formula is C22H32N4O4. The molecule has 2 aliphatic rings. The van der Waals surface area contributed by atoms with Crippen molar-refractivity contribution in [3.63, 3.8) is 0 Å². The summed E-state index contributed by atoms with van der Waals surface area (Å²) >= 11 is 0. The minimum absolute atomic E-state index is 0.0228. The Morgan fingerprint density at radius 2 is 1.77 bits per heavy atom. The maximum absolute atomic E-state index is 12.7. The molecule has 164 valence electrons. The van der Waals surface area contributed by atoms with Gasteiger partial charge in [0.1, 0.15) is 0 Å². The zero-order valence-electron chi connectivity index (χ0n) is 17.2. The molecule has 3 unspecified atom stereocenters. The molecule has 0 heterocycles. The smallest absolute Gasteiger partial charge is 0.337 e. The zero-order chi connectivity index (χ0) is 21.5. The normalized spacial score (nSPS) is 27.6. The lowest BCUT2D eigenvalue weighted by molar-refractivity contribution is -0.156. The third kappa shape index (κ3) is 6.19. The highest BCUT2D eigenvalue weighted by Crippen LogP contribution is 2.30. The number of hydrogen-bond acceptors (Lipinski definition) is 4. The molecule has 1 aromatic carbocycles. The number of nitrogens with zero attached hydrogens (tertiary/aromatic N) is 1. The van der Waals surface area contributed by atoms with Crippen LogP contribution in [0.2, 0.25) is 0 Å². The lowest BCUT2D eigenvalue weighted by Gasteiger charge is -2.33. The molecule has 30 heavy (non-hydrogen) atoms. The summed E-state index contributed by atoms with van der Waals surface area (Å²) in [5.74, 6) is -0.892. The fourth-order valence-corrected chi connectivity index (χ4v) is 4.49. The van der Waals surface area contributed by atoms with Crippen molar-refractivity contribution in [2.24, 2.45) is 22.4 Å². The molecule has 0 aromatic heterocycles. The van der Waals surface area contributed by atoms with Crippen molar-refractivity contribution < 1.29 is 19.4 Å². The number of carboxylic acids is 1. The molecule has 2 fully saturated rings. The number of aliphatic imine (C=N–C) groups is 1. The van der Waals surface area contributed by atoms with Gasteiger partial charge in [-0.1, -0.05) is 36.8 Å². The highest BCUT2D eigenvalue weighted by molar-refractivity contribution is 5.79. The minimum Gasteiger partial charge on any atom is -0.479 e. The SMILES string of the molecule is NC(N)=NC1CCCC(C(=O)NC2CCC(OC(C(=O)O)c3ccccc3)CC2)C1. The fraction of sp³-hybridized carbons (Fsp3) is 0.591. The van der Waals surface area contributed by atoms with Crippen LogP contribution in [0.1, 0.15) is 63.0 Å². The number of carbonyl (C=O) groups excluding carboxylic acids is 1. The topological polar surface area (TPSA) is 140 Å². The van der Waals surface area contributed by atoms with E-state index in [2.05, 4.69) is 10.3 Å². The van der Waals surface area contributed by atoms with Gasteiger partial charge < -0.3 is 26.6 Å². The number of guanidine groups is 1. The predicted molar refractivity (Wildman–Crippen MR) is 114 cm³/mol. The Labute approximate surface area is 177 Å². The van der Waals surface area contributed by atoms with E-state index in [-0.39, 0.29) is 36.0 Å². The van der Waals surface area contributed by atoms with Crippen LogP contribution in [0.4, 0.5) is 0 Å². The van der Waals surface area contributed by atoms with Gasteiger partial charge in [0.2, 0.25) is 5.91 Å². The Bertz CT molecular complexity index is 743. The van der Waals surface area contributed by atoms with E-state index >= 15 is 0 Å². The van der Waals surface area contributed by atoms with E-state index in [0.29, 0.717) is 12.0 Å². The van der Waals surface area contributed by atoms with Gasteiger partial charge in [-0.25, -0.2) is 4.79 Å². The standard InChI is InChI=1S/C22H32N4O4/c23-22(24)26-17-8-4-7-15(13-17)20(27)25-16-9-11-18(12-10-16)30-19(21(28)29)14-5-2-1-3-6-14/h1-3,5-6,15-19H,4,7-13H2,(H,25,27)(H,28,29)(H4,23,24,26). The summed E-state index contributed by atoms with van der Waals surface area (Å²) in [4.78, 5) is 28.6. The van der Waals surface area contributed by atoms with Gasteiger partial charge >= 0.3 is 5.97 Å². The fourth-order valence-electron chi connectivity index (χ4n) is 4.49. The lowest BCUT2D eigenvalue weighted by Crippen LogP contribution is -2.43. The third-order valence-corrected chi connectivity index (χ3v) is 6.02. The molecule has 2 saturated carbocycles. The van der Waals surface area contributed by atoms with Gasteiger partial charge in [0.15, 0.2) is 12.1 Å². The minimum atomic E-state index is -0.982. The van der Waals surface area contributed by atoms with E-state index in [1.165, 1.54) is 0 Å². The highest BCUT2D eigenvalue weighted by Gasteiger charge is 2.31. The molecule has 8 nitrogen and oxygen atoms in total. The highest BCUT2D eigenvalue weighted by atomic mass is 16.5. The number of ether oxygens (including phenoxy) is 1. The molecule has 3 rings (SSSR count). The van der Waals surface area contributed by atoms with Gasteiger partial charge in [0, 0.05) is 12.0 Å². The van der Waals surface area contributed by atoms with Crippen LogP contribution >= 0.6 is 0 Å². The largest absolute Gasteiger partial charge is 0.479 e. The van der Waals surface area contributed by atoms with Crippen molar-refractivity contribution in [2.75, 3.05) is 0 Å². The van der Waals surface area contributed by atoms with Gasteiger partial charge in [0.05, 0.1) is 12.1 Å². The number of nitrogens with two attached hydrogens (primary N) is 2. The first-order valence-corrected chi connectivity index (χ1v) is 10.7. The van der Waals surface area contributed by atoms with Crippen LogP contribution in [-0.4, -0.2) is 41.1 Å². The van der Waals surface area contributed by atoms with Crippen molar-refractivity contribution in [1.29, 1.82) is 0 Å². The van der Waals surface area contributed by atoms with Crippen molar-refractivity contribution in [1.82, 2.24) is 5.32 Å². The lowest BCUT2D eigenvalue weighted by atomic mass is 9.84. The summed E-state index contributed by atoms with van der Waals surface area (Å²) in [5.41, 5.74) is 11.6. The summed E-state index contributed by atoms with van der Waals surface area (Å²) < 4.78 is 5.91. The van der Waals surface area contributed by atoms with E-state index in [0.717, 1.165) is 44.9 Å². The van der Waals surface area contributed by atoms with Crippen LogP contribution < -0.4 is 16.8 Å². The molecule has 0 bridgehead atoms. The van der Waals surface area contributed by atoms with Crippen molar-refractivity contribution >= 4 is 17.8 Å². The van der Waals surface area contributed by atoms with Crippen molar-refractivity contribution in [2.45, 2.75) is 75.7 Å². The molecular weight excluding hydrogens is 384 g/mol. The van der Waals surface area contributed by atoms with Gasteiger partial charge in [0.25, 0.3) is 0 Å². The molecule has 1 aromatic rings. The number of hydrogen-bond donors (Lipinski definition) is 4. The van der Waals surface area contributed by atoms with Crippen molar-refractivity contribution in [3.8, 4) is 0 Å². The summed E-state index contributed by atoms with van der Waals surface area (Å²) in [7, 11) is 0. The monoisotopic (exact) mass is 416 g/mol.